The number of Topliss-reactive ketones (excluding diaryl/α,β-unsaturated/α-hetero) is 1. The van der Waals surface area contributed by atoms with Crippen molar-refractivity contribution >= 4 is 17.4 Å². The molecule has 1 aromatic carbocycles. The number of nitriles is 1. The van der Waals surface area contributed by atoms with Crippen molar-refractivity contribution in [3.63, 3.8) is 0 Å². The van der Waals surface area contributed by atoms with Gasteiger partial charge in [-0.3, -0.25) is 4.79 Å². The molecule has 0 heterocycles. The Labute approximate surface area is 125 Å². The summed E-state index contributed by atoms with van der Waals surface area (Å²) in [4.78, 5) is 12.7. The number of halogens is 1. The van der Waals surface area contributed by atoms with Crippen molar-refractivity contribution in [3.8, 4) is 6.07 Å². The topological polar surface area (TPSA) is 40.9 Å². The summed E-state index contributed by atoms with van der Waals surface area (Å²) in [6.07, 6.45) is 7.70. The zero-order valence-corrected chi connectivity index (χ0v) is 12.4. The van der Waals surface area contributed by atoms with Crippen molar-refractivity contribution in [1.29, 1.82) is 5.26 Å². The average molecular weight is 290 g/mol. The molecule has 106 valence electrons. The van der Waals surface area contributed by atoms with E-state index in [9.17, 15) is 10.1 Å². The van der Waals surface area contributed by atoms with E-state index < -0.39 is 5.92 Å². The van der Waals surface area contributed by atoms with Gasteiger partial charge in [-0.25, -0.2) is 0 Å². The maximum Gasteiger partial charge on any atom is 0.157 e. The van der Waals surface area contributed by atoms with Gasteiger partial charge in [0, 0.05) is 10.9 Å². The number of rotatable bonds is 3. The number of hydrogen-bond donors (Lipinski definition) is 0. The molecule has 1 aliphatic carbocycles. The fourth-order valence-electron chi connectivity index (χ4n) is 2.97. The van der Waals surface area contributed by atoms with Crippen molar-refractivity contribution in [2.45, 2.75) is 50.9 Å². The van der Waals surface area contributed by atoms with Gasteiger partial charge in [0.25, 0.3) is 0 Å². The summed E-state index contributed by atoms with van der Waals surface area (Å²) >= 11 is 6.14. The molecule has 0 spiro atoms. The second kappa shape index (κ2) is 7.45. The third-order valence-corrected chi connectivity index (χ3v) is 4.48. The molecule has 1 aromatic rings. The van der Waals surface area contributed by atoms with Gasteiger partial charge in [-0.1, -0.05) is 61.9 Å². The summed E-state index contributed by atoms with van der Waals surface area (Å²) in [7, 11) is 0. The van der Waals surface area contributed by atoms with Crippen LogP contribution in [0.1, 0.15) is 56.4 Å². The Balaban J connectivity index is 2.16. The standard InChI is InChI=1S/C17H20ClNO/c18-16-11-7-6-10-14(16)15(12-19)17(20)13-8-4-2-1-3-5-9-13/h6-7,10-11,13,15H,1-5,8-9H2. The number of benzene rings is 1. The predicted molar refractivity (Wildman–Crippen MR) is 80.6 cm³/mol. The fourth-order valence-corrected chi connectivity index (χ4v) is 3.22. The van der Waals surface area contributed by atoms with Gasteiger partial charge in [-0.05, 0) is 24.5 Å². The van der Waals surface area contributed by atoms with Gasteiger partial charge in [0.2, 0.25) is 0 Å². The summed E-state index contributed by atoms with van der Waals surface area (Å²) in [5, 5.41) is 9.91. The Morgan fingerprint density at radius 2 is 1.75 bits per heavy atom. The van der Waals surface area contributed by atoms with Crippen LogP contribution in [-0.4, -0.2) is 5.78 Å². The summed E-state index contributed by atoms with van der Waals surface area (Å²) in [5.74, 6) is -0.633. The molecule has 1 saturated carbocycles. The minimum absolute atomic E-state index is 0.0243. The molecule has 1 unspecified atom stereocenters. The number of nitrogens with zero attached hydrogens (tertiary/aromatic N) is 1. The van der Waals surface area contributed by atoms with Crippen molar-refractivity contribution in [2.24, 2.45) is 5.92 Å². The first-order valence-corrected chi connectivity index (χ1v) is 7.79. The van der Waals surface area contributed by atoms with Crippen LogP contribution in [0.25, 0.3) is 0 Å². The van der Waals surface area contributed by atoms with Crippen LogP contribution in [0.4, 0.5) is 0 Å². The Kier molecular flexibility index (Phi) is 5.61. The molecular formula is C17H20ClNO. The second-order valence-electron chi connectivity index (χ2n) is 5.53. The molecule has 2 rings (SSSR count). The molecule has 2 nitrogen and oxygen atoms in total. The summed E-state index contributed by atoms with van der Waals surface area (Å²) in [6, 6.07) is 9.34. The number of carbonyl (C=O) groups is 1. The normalized spacial score (nSPS) is 18.6. The summed E-state index contributed by atoms with van der Waals surface area (Å²) < 4.78 is 0. The molecule has 0 aromatic heterocycles. The van der Waals surface area contributed by atoms with Gasteiger partial charge >= 0.3 is 0 Å². The maximum absolute atomic E-state index is 12.7. The number of carbonyl (C=O) groups excluding carboxylic acids is 1. The van der Waals surface area contributed by atoms with Gasteiger partial charge in [0.05, 0.1) is 6.07 Å². The molecule has 0 amide bonds. The Morgan fingerprint density at radius 1 is 1.15 bits per heavy atom. The molecule has 0 radical (unpaired) electrons. The number of hydrogen-bond acceptors (Lipinski definition) is 2. The Hall–Kier alpha value is -1.33. The zero-order chi connectivity index (χ0) is 14.4. The highest BCUT2D eigenvalue weighted by Crippen LogP contribution is 2.31. The summed E-state index contributed by atoms with van der Waals surface area (Å²) in [6.45, 7) is 0. The van der Waals surface area contributed by atoms with Crippen LogP contribution in [-0.2, 0) is 4.79 Å². The van der Waals surface area contributed by atoms with Crippen LogP contribution in [0.2, 0.25) is 5.02 Å². The van der Waals surface area contributed by atoms with Crippen LogP contribution in [0.3, 0.4) is 0 Å². The van der Waals surface area contributed by atoms with E-state index in [1.54, 1.807) is 12.1 Å². The van der Waals surface area contributed by atoms with Crippen LogP contribution in [0.15, 0.2) is 24.3 Å². The maximum atomic E-state index is 12.7. The molecule has 1 aliphatic rings. The van der Waals surface area contributed by atoms with Gasteiger partial charge < -0.3 is 0 Å². The third kappa shape index (κ3) is 3.61. The van der Waals surface area contributed by atoms with Gasteiger partial charge in [0.15, 0.2) is 5.78 Å². The summed E-state index contributed by atoms with van der Waals surface area (Å²) in [5.41, 5.74) is 0.656. The zero-order valence-electron chi connectivity index (χ0n) is 11.6. The van der Waals surface area contributed by atoms with Crippen LogP contribution >= 0.6 is 11.6 Å². The lowest BCUT2D eigenvalue weighted by molar-refractivity contribution is -0.123. The van der Waals surface area contributed by atoms with Crippen LogP contribution in [0.5, 0.6) is 0 Å². The third-order valence-electron chi connectivity index (χ3n) is 4.14. The van der Waals surface area contributed by atoms with E-state index in [-0.39, 0.29) is 11.7 Å². The lowest BCUT2D eigenvalue weighted by Crippen LogP contribution is -2.22. The van der Waals surface area contributed by atoms with E-state index in [1.807, 2.05) is 12.1 Å². The van der Waals surface area contributed by atoms with E-state index in [1.165, 1.54) is 19.3 Å². The Morgan fingerprint density at radius 3 is 2.35 bits per heavy atom. The molecule has 1 atom stereocenters. The fraction of sp³-hybridized carbons (Fsp3) is 0.529. The first-order valence-electron chi connectivity index (χ1n) is 7.42. The Bertz CT molecular complexity index is 498. The molecule has 3 heteroatoms. The molecular weight excluding hydrogens is 270 g/mol. The molecule has 0 N–H and O–H groups in total. The van der Waals surface area contributed by atoms with Gasteiger partial charge in [-0.2, -0.15) is 5.26 Å². The predicted octanol–water partition coefficient (Wildman–Crippen LogP) is 4.88. The SMILES string of the molecule is N#CC(C(=O)C1CCCCCCC1)c1ccccc1Cl. The van der Waals surface area contributed by atoms with Crippen molar-refractivity contribution in [1.82, 2.24) is 0 Å². The molecule has 0 aliphatic heterocycles. The highest BCUT2D eigenvalue weighted by Gasteiger charge is 2.29. The van der Waals surface area contributed by atoms with E-state index in [4.69, 9.17) is 11.6 Å². The van der Waals surface area contributed by atoms with Crippen molar-refractivity contribution in [3.05, 3.63) is 34.9 Å². The van der Waals surface area contributed by atoms with E-state index in [0.29, 0.717) is 10.6 Å². The lowest BCUT2D eigenvalue weighted by atomic mass is 9.81. The highest BCUT2D eigenvalue weighted by atomic mass is 35.5. The van der Waals surface area contributed by atoms with Gasteiger partial charge in [-0.15, -0.1) is 0 Å². The lowest BCUT2D eigenvalue weighted by Gasteiger charge is -2.21. The minimum atomic E-state index is -0.715. The molecule has 20 heavy (non-hydrogen) atoms. The van der Waals surface area contributed by atoms with Crippen molar-refractivity contribution < 1.29 is 4.79 Å². The second-order valence-corrected chi connectivity index (χ2v) is 5.94. The number of ketones is 1. The monoisotopic (exact) mass is 289 g/mol. The quantitative estimate of drug-likeness (QED) is 0.796. The smallest absolute Gasteiger partial charge is 0.157 e. The minimum Gasteiger partial charge on any atom is -0.298 e. The van der Waals surface area contributed by atoms with Crippen LogP contribution in [0, 0.1) is 17.2 Å². The largest absolute Gasteiger partial charge is 0.298 e. The average Bonchev–Trinajstić information content (AvgIpc) is 2.41. The van der Waals surface area contributed by atoms with E-state index >= 15 is 0 Å². The highest BCUT2D eigenvalue weighted by molar-refractivity contribution is 6.31. The van der Waals surface area contributed by atoms with E-state index in [2.05, 4.69) is 6.07 Å². The molecule has 0 bridgehead atoms. The first kappa shape index (κ1) is 15.1. The van der Waals surface area contributed by atoms with E-state index in [0.717, 1.165) is 25.7 Å². The molecule has 1 fully saturated rings. The van der Waals surface area contributed by atoms with Crippen LogP contribution < -0.4 is 0 Å². The first-order chi connectivity index (χ1) is 9.74. The molecule has 0 saturated heterocycles. The van der Waals surface area contributed by atoms with Crippen molar-refractivity contribution in [2.75, 3.05) is 0 Å². The van der Waals surface area contributed by atoms with Gasteiger partial charge in [0.1, 0.15) is 5.92 Å².